The highest BCUT2D eigenvalue weighted by molar-refractivity contribution is 5.94. The van der Waals surface area contributed by atoms with Gasteiger partial charge in [-0.15, -0.1) is 0 Å². The quantitative estimate of drug-likeness (QED) is 0.898. The summed E-state index contributed by atoms with van der Waals surface area (Å²) in [4.78, 5) is 11.3. The van der Waals surface area contributed by atoms with Gasteiger partial charge in [0.05, 0.1) is 0 Å². The number of anilines is 2. The largest absolute Gasteiger partial charge is 0.379 e. The maximum absolute atomic E-state index is 13.3. The summed E-state index contributed by atoms with van der Waals surface area (Å²) < 4.78 is 13.3. The molecule has 3 nitrogen and oxygen atoms in total. The van der Waals surface area contributed by atoms with E-state index in [4.69, 9.17) is 0 Å². The van der Waals surface area contributed by atoms with E-state index in [2.05, 4.69) is 10.6 Å². The topological polar surface area (TPSA) is 41.1 Å². The minimum absolute atomic E-state index is 0.0110. The van der Waals surface area contributed by atoms with Gasteiger partial charge in [0.2, 0.25) is 5.91 Å². The Labute approximate surface area is 123 Å². The third-order valence-electron chi connectivity index (χ3n) is 3.73. The minimum Gasteiger partial charge on any atom is -0.379 e. The van der Waals surface area contributed by atoms with Gasteiger partial charge in [0.25, 0.3) is 0 Å². The first-order valence-electron chi connectivity index (χ1n) is 7.06. The predicted molar refractivity (Wildman–Crippen MR) is 81.8 cm³/mol. The van der Waals surface area contributed by atoms with E-state index in [1.165, 1.54) is 12.1 Å². The number of nitrogens with one attached hydrogen (secondary N) is 2. The van der Waals surface area contributed by atoms with Gasteiger partial charge in [-0.3, -0.25) is 4.79 Å². The number of hydrogen-bond donors (Lipinski definition) is 2. The van der Waals surface area contributed by atoms with E-state index in [1.807, 2.05) is 31.2 Å². The van der Waals surface area contributed by atoms with Crippen molar-refractivity contribution in [3.8, 4) is 0 Å². The second-order valence-electron chi connectivity index (χ2n) is 5.34. The second-order valence-corrected chi connectivity index (χ2v) is 5.34. The third-order valence-corrected chi connectivity index (χ3v) is 3.73. The van der Waals surface area contributed by atoms with Crippen LogP contribution < -0.4 is 10.6 Å². The SMILES string of the molecule is C[C@H](Nc1ccc2c(c1)CCC(=O)N2)c1cccc(F)c1. The summed E-state index contributed by atoms with van der Waals surface area (Å²) in [6, 6.07) is 12.5. The van der Waals surface area contributed by atoms with Crippen molar-refractivity contribution in [1.29, 1.82) is 0 Å². The average molecular weight is 284 g/mol. The van der Waals surface area contributed by atoms with E-state index in [1.54, 1.807) is 6.07 Å². The molecule has 0 bridgehead atoms. The van der Waals surface area contributed by atoms with E-state index in [0.29, 0.717) is 6.42 Å². The van der Waals surface area contributed by atoms with Crippen molar-refractivity contribution in [2.24, 2.45) is 0 Å². The molecule has 0 saturated heterocycles. The van der Waals surface area contributed by atoms with Crippen LogP contribution in [0.5, 0.6) is 0 Å². The Morgan fingerprint density at radius 2 is 2.05 bits per heavy atom. The maximum atomic E-state index is 13.3. The molecule has 2 aromatic carbocycles. The summed E-state index contributed by atoms with van der Waals surface area (Å²) in [6.45, 7) is 2.00. The lowest BCUT2D eigenvalue weighted by atomic mass is 10.0. The van der Waals surface area contributed by atoms with Gasteiger partial charge in [-0.05, 0) is 54.8 Å². The first-order chi connectivity index (χ1) is 10.1. The number of carbonyl (C=O) groups excluding carboxylic acids is 1. The van der Waals surface area contributed by atoms with Crippen LogP contribution in [0.15, 0.2) is 42.5 Å². The molecule has 0 radical (unpaired) electrons. The van der Waals surface area contributed by atoms with Gasteiger partial charge < -0.3 is 10.6 Å². The van der Waals surface area contributed by atoms with Gasteiger partial charge in [0, 0.05) is 23.8 Å². The number of aryl methyl sites for hydroxylation is 1. The highest BCUT2D eigenvalue weighted by atomic mass is 19.1. The predicted octanol–water partition coefficient (Wildman–Crippen LogP) is 3.88. The fourth-order valence-corrected chi connectivity index (χ4v) is 2.58. The molecule has 0 aromatic heterocycles. The van der Waals surface area contributed by atoms with Gasteiger partial charge in [-0.25, -0.2) is 4.39 Å². The second kappa shape index (κ2) is 5.56. The summed E-state index contributed by atoms with van der Waals surface area (Å²) in [5, 5.41) is 6.23. The highest BCUT2D eigenvalue weighted by Crippen LogP contribution is 2.27. The smallest absolute Gasteiger partial charge is 0.224 e. The van der Waals surface area contributed by atoms with E-state index in [9.17, 15) is 9.18 Å². The van der Waals surface area contributed by atoms with E-state index in [0.717, 1.165) is 28.9 Å². The number of halogens is 1. The van der Waals surface area contributed by atoms with Crippen LogP contribution in [0.2, 0.25) is 0 Å². The number of rotatable bonds is 3. The molecule has 0 aliphatic carbocycles. The van der Waals surface area contributed by atoms with Crippen molar-refractivity contribution in [3.63, 3.8) is 0 Å². The zero-order valence-corrected chi connectivity index (χ0v) is 11.8. The molecule has 0 spiro atoms. The molecule has 4 heteroatoms. The summed E-state index contributed by atoms with van der Waals surface area (Å²) in [6.07, 6.45) is 1.28. The van der Waals surface area contributed by atoms with Crippen LogP contribution in [-0.2, 0) is 11.2 Å². The number of benzene rings is 2. The fourth-order valence-electron chi connectivity index (χ4n) is 2.58. The summed E-state index contributed by atoms with van der Waals surface area (Å²) in [5.41, 5.74) is 3.89. The van der Waals surface area contributed by atoms with Gasteiger partial charge in [0.15, 0.2) is 0 Å². The van der Waals surface area contributed by atoms with Gasteiger partial charge in [-0.2, -0.15) is 0 Å². The number of hydrogen-bond acceptors (Lipinski definition) is 2. The number of carbonyl (C=O) groups is 1. The molecular weight excluding hydrogens is 267 g/mol. The monoisotopic (exact) mass is 284 g/mol. The fraction of sp³-hybridized carbons (Fsp3) is 0.235. The van der Waals surface area contributed by atoms with Crippen molar-refractivity contribution < 1.29 is 9.18 Å². The molecule has 3 rings (SSSR count). The Morgan fingerprint density at radius 3 is 2.86 bits per heavy atom. The van der Waals surface area contributed by atoms with Crippen molar-refractivity contribution in [2.75, 3.05) is 10.6 Å². The number of fused-ring (bicyclic) bond motifs is 1. The van der Waals surface area contributed by atoms with E-state index >= 15 is 0 Å². The van der Waals surface area contributed by atoms with Crippen LogP contribution in [0.4, 0.5) is 15.8 Å². The first-order valence-corrected chi connectivity index (χ1v) is 7.06. The highest BCUT2D eigenvalue weighted by Gasteiger charge is 2.15. The van der Waals surface area contributed by atoms with Crippen molar-refractivity contribution in [1.82, 2.24) is 0 Å². The normalized spacial score (nSPS) is 15.0. The molecular formula is C17H17FN2O. The lowest BCUT2D eigenvalue weighted by Crippen LogP contribution is -2.19. The molecule has 0 fully saturated rings. The van der Waals surface area contributed by atoms with Crippen LogP contribution in [0, 0.1) is 5.82 Å². The summed E-state index contributed by atoms with van der Waals surface area (Å²) >= 11 is 0. The third kappa shape index (κ3) is 3.05. The van der Waals surface area contributed by atoms with E-state index in [-0.39, 0.29) is 17.8 Å². The van der Waals surface area contributed by atoms with Crippen molar-refractivity contribution in [2.45, 2.75) is 25.8 Å². The van der Waals surface area contributed by atoms with Crippen LogP contribution in [0.1, 0.15) is 30.5 Å². The minimum atomic E-state index is -0.227. The Bertz CT molecular complexity index is 684. The molecule has 108 valence electrons. The molecule has 1 aliphatic rings. The molecule has 1 amide bonds. The van der Waals surface area contributed by atoms with Crippen LogP contribution in [-0.4, -0.2) is 5.91 Å². The molecule has 1 aliphatic heterocycles. The van der Waals surface area contributed by atoms with Crippen molar-refractivity contribution >= 4 is 17.3 Å². The average Bonchev–Trinajstić information content (AvgIpc) is 2.47. The standard InChI is InChI=1S/C17H17FN2O/c1-11(12-3-2-4-14(18)9-12)19-15-6-7-16-13(10-15)5-8-17(21)20-16/h2-4,6-7,9-11,19H,5,8H2,1H3,(H,20,21)/t11-/m0/s1. The Kier molecular flexibility index (Phi) is 3.60. The first kappa shape index (κ1) is 13.6. The van der Waals surface area contributed by atoms with Crippen LogP contribution >= 0.6 is 0 Å². The molecule has 2 aromatic rings. The summed E-state index contributed by atoms with van der Waals surface area (Å²) in [5.74, 6) is -0.161. The van der Waals surface area contributed by atoms with Gasteiger partial charge >= 0.3 is 0 Å². The Morgan fingerprint density at radius 1 is 1.19 bits per heavy atom. The molecule has 21 heavy (non-hydrogen) atoms. The van der Waals surface area contributed by atoms with Crippen molar-refractivity contribution in [3.05, 3.63) is 59.4 Å². The van der Waals surface area contributed by atoms with E-state index < -0.39 is 0 Å². The van der Waals surface area contributed by atoms with Crippen LogP contribution in [0.25, 0.3) is 0 Å². The summed E-state index contributed by atoms with van der Waals surface area (Å²) in [7, 11) is 0. The number of amides is 1. The molecule has 0 unspecified atom stereocenters. The Hall–Kier alpha value is -2.36. The zero-order chi connectivity index (χ0) is 14.8. The zero-order valence-electron chi connectivity index (χ0n) is 11.8. The van der Waals surface area contributed by atoms with Crippen LogP contribution in [0.3, 0.4) is 0 Å². The molecule has 0 saturated carbocycles. The van der Waals surface area contributed by atoms with Gasteiger partial charge in [-0.1, -0.05) is 12.1 Å². The van der Waals surface area contributed by atoms with Gasteiger partial charge in [0.1, 0.15) is 5.82 Å². The Balaban J connectivity index is 1.77. The molecule has 1 heterocycles. The molecule has 1 atom stereocenters. The maximum Gasteiger partial charge on any atom is 0.224 e. The lowest BCUT2D eigenvalue weighted by Gasteiger charge is -2.20. The molecule has 2 N–H and O–H groups in total. The lowest BCUT2D eigenvalue weighted by molar-refractivity contribution is -0.116.